The molecule has 0 saturated carbocycles. The lowest BCUT2D eigenvalue weighted by molar-refractivity contribution is -0.139. The van der Waals surface area contributed by atoms with Gasteiger partial charge in [0.1, 0.15) is 11.5 Å². The summed E-state index contributed by atoms with van der Waals surface area (Å²) in [6.45, 7) is 3.99. The molecule has 0 spiro atoms. The number of nitrogens with zero attached hydrogens (tertiary/aromatic N) is 1. The van der Waals surface area contributed by atoms with Gasteiger partial charge in [0.15, 0.2) is 6.61 Å². The van der Waals surface area contributed by atoms with Gasteiger partial charge in [-0.3, -0.25) is 14.4 Å². The number of hydrazone groups is 1. The highest BCUT2D eigenvalue weighted by molar-refractivity contribution is 6.35. The lowest BCUT2D eigenvalue weighted by Crippen LogP contribution is -2.37. The van der Waals surface area contributed by atoms with Crippen LogP contribution >= 0.6 is 0 Å². The summed E-state index contributed by atoms with van der Waals surface area (Å²) in [5.74, 6) is -0.733. The van der Waals surface area contributed by atoms with Crippen LogP contribution in [0.15, 0.2) is 71.8 Å². The standard InChI is InChI=1S/C27H28N4O5/c1-18-5-4-6-24(19(18)2)30-25(32)17-36-23-13-9-21(10-14-23)16-29-31-27(34)26(33)28-15-20-7-11-22(35-3)12-8-20/h4-14,16H,15,17H2,1-3H3,(H,28,33)(H,30,32)(H,31,34)/b29-16-. The number of hydrogen-bond donors (Lipinski definition) is 3. The number of carbonyl (C=O) groups excluding carboxylic acids is 3. The van der Waals surface area contributed by atoms with Crippen molar-refractivity contribution < 1.29 is 23.9 Å². The van der Waals surface area contributed by atoms with Gasteiger partial charge < -0.3 is 20.1 Å². The van der Waals surface area contributed by atoms with Crippen molar-refractivity contribution in [3.8, 4) is 11.5 Å². The average molecular weight is 489 g/mol. The first-order valence-corrected chi connectivity index (χ1v) is 11.2. The summed E-state index contributed by atoms with van der Waals surface area (Å²) in [7, 11) is 1.57. The van der Waals surface area contributed by atoms with Gasteiger partial charge in [0.05, 0.1) is 13.3 Å². The molecule has 3 rings (SSSR count). The Morgan fingerprint density at radius 1 is 0.889 bits per heavy atom. The normalized spacial score (nSPS) is 10.5. The Kier molecular flexibility index (Phi) is 9.16. The van der Waals surface area contributed by atoms with Crippen LogP contribution in [0, 0.1) is 13.8 Å². The summed E-state index contributed by atoms with van der Waals surface area (Å²) in [4.78, 5) is 36.0. The van der Waals surface area contributed by atoms with E-state index in [1.165, 1.54) is 6.21 Å². The number of methoxy groups -OCH3 is 1. The molecule has 0 atom stereocenters. The Labute approximate surface area is 209 Å². The molecular formula is C27H28N4O5. The van der Waals surface area contributed by atoms with Gasteiger partial charge in [0, 0.05) is 12.2 Å². The Bertz CT molecular complexity index is 1240. The molecular weight excluding hydrogens is 460 g/mol. The van der Waals surface area contributed by atoms with Gasteiger partial charge in [-0.25, -0.2) is 5.43 Å². The van der Waals surface area contributed by atoms with Crippen LogP contribution < -0.4 is 25.5 Å². The number of anilines is 1. The minimum absolute atomic E-state index is 0.136. The van der Waals surface area contributed by atoms with Gasteiger partial charge in [-0.15, -0.1) is 0 Å². The maximum Gasteiger partial charge on any atom is 0.329 e. The van der Waals surface area contributed by atoms with Crippen molar-refractivity contribution in [2.24, 2.45) is 5.10 Å². The zero-order valence-electron chi connectivity index (χ0n) is 20.3. The number of aryl methyl sites for hydroxylation is 1. The smallest absolute Gasteiger partial charge is 0.329 e. The van der Waals surface area contributed by atoms with Gasteiger partial charge in [0.25, 0.3) is 5.91 Å². The van der Waals surface area contributed by atoms with Crippen molar-refractivity contribution in [1.82, 2.24) is 10.7 Å². The number of benzene rings is 3. The lowest BCUT2D eigenvalue weighted by atomic mass is 10.1. The van der Waals surface area contributed by atoms with Crippen molar-refractivity contribution in [3.05, 3.63) is 89.0 Å². The Morgan fingerprint density at radius 2 is 1.58 bits per heavy atom. The van der Waals surface area contributed by atoms with Crippen LogP contribution in [0.3, 0.4) is 0 Å². The molecule has 3 aromatic carbocycles. The molecule has 0 aliphatic carbocycles. The molecule has 0 radical (unpaired) electrons. The summed E-state index contributed by atoms with van der Waals surface area (Å²) in [6, 6.07) is 19.6. The molecule has 9 nitrogen and oxygen atoms in total. The summed E-state index contributed by atoms with van der Waals surface area (Å²) in [5.41, 5.74) is 6.54. The Balaban J connectivity index is 1.40. The molecule has 3 amide bonds. The number of nitrogens with one attached hydrogen (secondary N) is 3. The van der Waals surface area contributed by atoms with Crippen molar-refractivity contribution in [2.45, 2.75) is 20.4 Å². The topological polar surface area (TPSA) is 118 Å². The van der Waals surface area contributed by atoms with E-state index in [9.17, 15) is 14.4 Å². The second-order valence-electron chi connectivity index (χ2n) is 7.88. The van der Waals surface area contributed by atoms with E-state index in [2.05, 4.69) is 21.2 Å². The van der Waals surface area contributed by atoms with Crippen LogP contribution in [-0.4, -0.2) is 37.7 Å². The molecule has 0 heterocycles. The zero-order chi connectivity index (χ0) is 25.9. The number of carbonyl (C=O) groups is 3. The molecule has 36 heavy (non-hydrogen) atoms. The fourth-order valence-corrected chi connectivity index (χ4v) is 3.09. The molecule has 9 heteroatoms. The monoisotopic (exact) mass is 488 g/mol. The predicted molar refractivity (Wildman–Crippen MR) is 137 cm³/mol. The molecule has 186 valence electrons. The van der Waals surface area contributed by atoms with E-state index in [0.29, 0.717) is 17.1 Å². The molecule has 0 bridgehead atoms. The van der Waals surface area contributed by atoms with E-state index < -0.39 is 11.8 Å². The average Bonchev–Trinajstić information content (AvgIpc) is 2.89. The fourth-order valence-electron chi connectivity index (χ4n) is 3.09. The van der Waals surface area contributed by atoms with Crippen LogP contribution in [-0.2, 0) is 20.9 Å². The number of ether oxygens (including phenoxy) is 2. The Hall–Kier alpha value is -4.66. The van der Waals surface area contributed by atoms with E-state index in [-0.39, 0.29) is 19.1 Å². The van der Waals surface area contributed by atoms with Crippen molar-refractivity contribution in [2.75, 3.05) is 19.0 Å². The summed E-state index contributed by atoms with van der Waals surface area (Å²) in [5, 5.41) is 9.16. The molecule has 0 aromatic heterocycles. The molecule has 0 unspecified atom stereocenters. The van der Waals surface area contributed by atoms with E-state index in [4.69, 9.17) is 9.47 Å². The van der Waals surface area contributed by atoms with Gasteiger partial charge in [-0.1, -0.05) is 24.3 Å². The summed E-state index contributed by atoms with van der Waals surface area (Å²) < 4.78 is 10.6. The molecule has 0 fully saturated rings. The van der Waals surface area contributed by atoms with Crippen LogP contribution in [0.5, 0.6) is 11.5 Å². The van der Waals surface area contributed by atoms with Crippen molar-refractivity contribution >= 4 is 29.6 Å². The van der Waals surface area contributed by atoms with Crippen LogP contribution in [0.2, 0.25) is 0 Å². The first kappa shape index (κ1) is 26.0. The highest BCUT2D eigenvalue weighted by Crippen LogP contribution is 2.18. The number of amides is 3. The maximum absolute atomic E-state index is 12.2. The van der Waals surface area contributed by atoms with Gasteiger partial charge in [-0.2, -0.15) is 5.10 Å². The van der Waals surface area contributed by atoms with Gasteiger partial charge >= 0.3 is 11.8 Å². The van der Waals surface area contributed by atoms with E-state index in [1.54, 1.807) is 55.6 Å². The number of hydrogen-bond acceptors (Lipinski definition) is 6. The summed E-state index contributed by atoms with van der Waals surface area (Å²) in [6.07, 6.45) is 1.39. The highest BCUT2D eigenvalue weighted by atomic mass is 16.5. The SMILES string of the molecule is COc1ccc(CNC(=O)C(=O)N/N=C\c2ccc(OCC(=O)Nc3cccc(C)c3C)cc2)cc1. The molecule has 0 aliphatic heterocycles. The van der Waals surface area contributed by atoms with Crippen LogP contribution in [0.4, 0.5) is 5.69 Å². The minimum atomic E-state index is -0.880. The molecule has 3 aromatic rings. The summed E-state index contributed by atoms with van der Waals surface area (Å²) >= 11 is 0. The molecule has 0 saturated heterocycles. The number of rotatable bonds is 9. The highest BCUT2D eigenvalue weighted by Gasteiger charge is 2.12. The molecule has 3 N–H and O–H groups in total. The fraction of sp³-hybridized carbons (Fsp3) is 0.185. The molecule has 0 aliphatic rings. The lowest BCUT2D eigenvalue weighted by Gasteiger charge is -2.11. The quantitative estimate of drug-likeness (QED) is 0.243. The van der Waals surface area contributed by atoms with Crippen LogP contribution in [0.1, 0.15) is 22.3 Å². The van der Waals surface area contributed by atoms with E-state index in [0.717, 1.165) is 22.4 Å². The van der Waals surface area contributed by atoms with Crippen LogP contribution in [0.25, 0.3) is 0 Å². The Morgan fingerprint density at radius 3 is 2.28 bits per heavy atom. The maximum atomic E-state index is 12.2. The first-order chi connectivity index (χ1) is 17.4. The zero-order valence-corrected chi connectivity index (χ0v) is 20.3. The second-order valence-corrected chi connectivity index (χ2v) is 7.88. The van der Waals surface area contributed by atoms with Crippen molar-refractivity contribution in [3.63, 3.8) is 0 Å². The third-order valence-electron chi connectivity index (χ3n) is 5.33. The second kappa shape index (κ2) is 12.7. The largest absolute Gasteiger partial charge is 0.497 e. The third kappa shape index (κ3) is 7.69. The van der Waals surface area contributed by atoms with E-state index >= 15 is 0 Å². The third-order valence-corrected chi connectivity index (χ3v) is 5.33. The predicted octanol–water partition coefficient (Wildman–Crippen LogP) is 3.10. The van der Waals surface area contributed by atoms with Gasteiger partial charge in [-0.05, 0) is 78.6 Å². The van der Waals surface area contributed by atoms with E-state index in [1.807, 2.05) is 32.0 Å². The van der Waals surface area contributed by atoms with Crippen molar-refractivity contribution in [1.29, 1.82) is 0 Å². The first-order valence-electron chi connectivity index (χ1n) is 11.2. The minimum Gasteiger partial charge on any atom is -0.497 e. The van der Waals surface area contributed by atoms with Gasteiger partial charge in [0.2, 0.25) is 0 Å².